The van der Waals surface area contributed by atoms with Crippen LogP contribution in [0.15, 0.2) is 0 Å². The maximum absolute atomic E-state index is 11.3. The van der Waals surface area contributed by atoms with E-state index >= 15 is 0 Å². The van der Waals surface area contributed by atoms with Crippen molar-refractivity contribution in [2.75, 3.05) is 6.54 Å². The molecule has 1 N–H and O–H groups in total. The zero-order chi connectivity index (χ0) is 9.14. The third kappa shape index (κ3) is 3.13. The van der Waals surface area contributed by atoms with Crippen molar-refractivity contribution in [1.82, 2.24) is 5.32 Å². The topological polar surface area (TPSA) is 29.1 Å². The van der Waals surface area contributed by atoms with E-state index in [2.05, 4.69) is 35.1 Å². The molecule has 0 aliphatic heterocycles. The Bertz CT molecular complexity index is 170. The van der Waals surface area contributed by atoms with Crippen LogP contribution in [0.1, 0.15) is 26.7 Å². The molecule has 0 spiro atoms. The van der Waals surface area contributed by atoms with Gasteiger partial charge in [0.25, 0.3) is 0 Å². The van der Waals surface area contributed by atoms with Crippen LogP contribution in [-0.2, 0) is 4.79 Å². The first-order chi connectivity index (χ1) is 5.61. The standard InChI is InChI=1S/C9H16BrNO/c1-6-5-8(6)9(12)11-4-3-7(2)10/h6-8H,3-5H2,1-2H3,(H,11,12). The molecule has 1 fully saturated rings. The van der Waals surface area contributed by atoms with Crippen molar-refractivity contribution in [3.63, 3.8) is 0 Å². The normalized spacial score (nSPS) is 29.6. The molecular formula is C9H16BrNO. The highest BCUT2D eigenvalue weighted by Crippen LogP contribution is 2.37. The van der Waals surface area contributed by atoms with Gasteiger partial charge in [0.2, 0.25) is 5.91 Å². The zero-order valence-electron chi connectivity index (χ0n) is 7.64. The third-order valence-corrected chi connectivity index (χ3v) is 2.75. The monoisotopic (exact) mass is 233 g/mol. The summed E-state index contributed by atoms with van der Waals surface area (Å²) >= 11 is 3.44. The van der Waals surface area contributed by atoms with Gasteiger partial charge in [-0.1, -0.05) is 29.8 Å². The van der Waals surface area contributed by atoms with Gasteiger partial charge >= 0.3 is 0 Å². The molecule has 0 aromatic rings. The second-order valence-corrected chi connectivity index (χ2v) is 5.24. The van der Waals surface area contributed by atoms with E-state index in [1.807, 2.05) is 0 Å². The summed E-state index contributed by atoms with van der Waals surface area (Å²) in [5.74, 6) is 1.18. The molecule has 0 radical (unpaired) electrons. The van der Waals surface area contributed by atoms with Gasteiger partial charge < -0.3 is 5.32 Å². The maximum atomic E-state index is 11.3. The highest BCUT2D eigenvalue weighted by molar-refractivity contribution is 9.09. The number of alkyl halides is 1. The fourth-order valence-corrected chi connectivity index (χ4v) is 1.44. The first-order valence-corrected chi connectivity index (χ1v) is 5.44. The van der Waals surface area contributed by atoms with Crippen molar-refractivity contribution in [2.24, 2.45) is 11.8 Å². The number of halogens is 1. The summed E-state index contributed by atoms with van der Waals surface area (Å²) in [5.41, 5.74) is 0. The van der Waals surface area contributed by atoms with Crippen LogP contribution in [0.25, 0.3) is 0 Å². The average molecular weight is 234 g/mol. The summed E-state index contributed by atoms with van der Waals surface area (Å²) in [6, 6.07) is 0. The van der Waals surface area contributed by atoms with Gasteiger partial charge in [0.05, 0.1) is 0 Å². The lowest BCUT2D eigenvalue weighted by Gasteiger charge is -2.05. The van der Waals surface area contributed by atoms with Gasteiger partial charge in [-0.3, -0.25) is 4.79 Å². The lowest BCUT2D eigenvalue weighted by atomic mass is 10.3. The lowest BCUT2D eigenvalue weighted by molar-refractivity contribution is -0.122. The van der Waals surface area contributed by atoms with E-state index in [-0.39, 0.29) is 5.91 Å². The molecule has 1 saturated carbocycles. The van der Waals surface area contributed by atoms with E-state index in [4.69, 9.17) is 0 Å². The molecule has 0 aromatic heterocycles. The first kappa shape index (κ1) is 10.0. The Labute approximate surface area is 82.2 Å². The molecule has 0 bridgehead atoms. The van der Waals surface area contributed by atoms with Crippen LogP contribution >= 0.6 is 15.9 Å². The van der Waals surface area contributed by atoms with E-state index in [0.29, 0.717) is 16.7 Å². The average Bonchev–Trinajstić information content (AvgIpc) is 2.66. The van der Waals surface area contributed by atoms with Crippen LogP contribution in [0.4, 0.5) is 0 Å². The first-order valence-electron chi connectivity index (χ1n) is 4.53. The maximum Gasteiger partial charge on any atom is 0.223 e. The minimum absolute atomic E-state index is 0.246. The van der Waals surface area contributed by atoms with E-state index in [1.54, 1.807) is 0 Å². The number of carbonyl (C=O) groups is 1. The highest BCUT2D eigenvalue weighted by Gasteiger charge is 2.38. The van der Waals surface area contributed by atoms with Crippen LogP contribution in [0, 0.1) is 11.8 Å². The third-order valence-electron chi connectivity index (χ3n) is 2.29. The minimum atomic E-state index is 0.246. The molecule has 0 heterocycles. The smallest absolute Gasteiger partial charge is 0.223 e. The summed E-state index contributed by atoms with van der Waals surface area (Å²) in [4.78, 5) is 11.8. The predicted molar refractivity (Wildman–Crippen MR) is 53.3 cm³/mol. The number of hydrogen-bond donors (Lipinski definition) is 1. The Kier molecular flexibility index (Phi) is 3.56. The number of nitrogens with one attached hydrogen (secondary N) is 1. The molecular weight excluding hydrogens is 218 g/mol. The summed E-state index contributed by atoms with van der Waals surface area (Å²) < 4.78 is 0. The lowest BCUT2D eigenvalue weighted by Crippen LogP contribution is -2.27. The molecule has 12 heavy (non-hydrogen) atoms. The van der Waals surface area contributed by atoms with Gasteiger partial charge in [-0.05, 0) is 18.8 Å². The summed E-state index contributed by atoms with van der Waals surface area (Å²) in [6.45, 7) is 5.01. The Morgan fingerprint density at radius 2 is 2.33 bits per heavy atom. The van der Waals surface area contributed by atoms with E-state index in [1.165, 1.54) is 0 Å². The Balaban J connectivity index is 2.03. The molecule has 70 valence electrons. The van der Waals surface area contributed by atoms with Crippen molar-refractivity contribution in [3.8, 4) is 0 Å². The largest absolute Gasteiger partial charge is 0.356 e. The van der Waals surface area contributed by atoms with Crippen molar-refractivity contribution < 1.29 is 4.79 Å². The van der Waals surface area contributed by atoms with Crippen molar-refractivity contribution >= 4 is 21.8 Å². The summed E-state index contributed by atoms with van der Waals surface area (Å²) in [7, 11) is 0. The number of carbonyl (C=O) groups excluding carboxylic acids is 1. The molecule has 1 rings (SSSR count). The summed E-state index contributed by atoms with van der Waals surface area (Å²) in [5, 5.41) is 2.94. The number of amides is 1. The van der Waals surface area contributed by atoms with Crippen LogP contribution in [0.3, 0.4) is 0 Å². The second-order valence-electron chi connectivity index (χ2n) is 3.68. The van der Waals surface area contributed by atoms with Crippen molar-refractivity contribution in [2.45, 2.75) is 31.5 Å². The van der Waals surface area contributed by atoms with Gasteiger partial charge in [-0.25, -0.2) is 0 Å². The van der Waals surface area contributed by atoms with Gasteiger partial charge in [-0.2, -0.15) is 0 Å². The molecule has 0 aromatic carbocycles. The van der Waals surface area contributed by atoms with Gasteiger partial charge in [0.15, 0.2) is 0 Å². The Morgan fingerprint density at radius 3 is 2.75 bits per heavy atom. The van der Waals surface area contributed by atoms with Gasteiger partial charge in [0, 0.05) is 17.3 Å². The molecule has 3 unspecified atom stereocenters. The van der Waals surface area contributed by atoms with Gasteiger partial charge in [0.1, 0.15) is 0 Å². The second kappa shape index (κ2) is 4.26. The van der Waals surface area contributed by atoms with E-state index in [9.17, 15) is 4.79 Å². The van der Waals surface area contributed by atoms with Crippen LogP contribution in [0.5, 0.6) is 0 Å². The molecule has 0 saturated heterocycles. The van der Waals surface area contributed by atoms with Crippen LogP contribution in [0.2, 0.25) is 0 Å². The molecule has 1 aliphatic rings. The zero-order valence-corrected chi connectivity index (χ0v) is 9.23. The van der Waals surface area contributed by atoms with Crippen LogP contribution < -0.4 is 5.32 Å². The molecule has 1 aliphatic carbocycles. The molecule has 3 atom stereocenters. The summed E-state index contributed by atoms with van der Waals surface area (Å²) in [6.07, 6.45) is 2.09. The van der Waals surface area contributed by atoms with Crippen molar-refractivity contribution in [1.29, 1.82) is 0 Å². The van der Waals surface area contributed by atoms with Gasteiger partial charge in [-0.15, -0.1) is 0 Å². The number of rotatable bonds is 4. The molecule has 3 heteroatoms. The van der Waals surface area contributed by atoms with Crippen LogP contribution in [-0.4, -0.2) is 17.3 Å². The van der Waals surface area contributed by atoms with Crippen molar-refractivity contribution in [3.05, 3.63) is 0 Å². The number of hydrogen-bond acceptors (Lipinski definition) is 1. The fourth-order valence-electron chi connectivity index (χ4n) is 1.21. The Hall–Kier alpha value is -0.0500. The SMILES string of the molecule is CC(Br)CCNC(=O)C1CC1C. The molecule has 1 amide bonds. The minimum Gasteiger partial charge on any atom is -0.356 e. The molecule has 2 nitrogen and oxygen atoms in total. The Morgan fingerprint density at radius 1 is 1.75 bits per heavy atom. The van der Waals surface area contributed by atoms with E-state index in [0.717, 1.165) is 19.4 Å². The fraction of sp³-hybridized carbons (Fsp3) is 0.889. The highest BCUT2D eigenvalue weighted by atomic mass is 79.9. The van der Waals surface area contributed by atoms with E-state index < -0.39 is 0 Å². The quantitative estimate of drug-likeness (QED) is 0.740. The predicted octanol–water partition coefficient (Wildman–Crippen LogP) is 1.93.